The van der Waals surface area contributed by atoms with Gasteiger partial charge in [-0.15, -0.1) is 0 Å². The predicted molar refractivity (Wildman–Crippen MR) is 101 cm³/mol. The lowest BCUT2D eigenvalue weighted by Crippen LogP contribution is -2.42. The Bertz CT molecular complexity index is 1030. The first-order valence-electron chi connectivity index (χ1n) is 9.24. The molecule has 0 aliphatic carbocycles. The van der Waals surface area contributed by atoms with Crippen LogP contribution in [0.5, 0.6) is 5.75 Å². The van der Waals surface area contributed by atoms with Crippen molar-refractivity contribution in [2.45, 2.75) is 25.1 Å². The summed E-state index contributed by atoms with van der Waals surface area (Å²) in [5.41, 5.74) is 0.314. The molecule has 0 N–H and O–H groups in total. The maximum Gasteiger partial charge on any atom is 0.416 e. The summed E-state index contributed by atoms with van der Waals surface area (Å²) in [6.07, 6.45) is 1.23. The summed E-state index contributed by atoms with van der Waals surface area (Å²) in [6.45, 7) is 0.900. The average Bonchev–Trinajstić information content (AvgIpc) is 2.73. The van der Waals surface area contributed by atoms with E-state index in [-0.39, 0.29) is 17.8 Å². The first-order valence-corrected chi connectivity index (χ1v) is 9.24. The summed E-state index contributed by atoms with van der Waals surface area (Å²) in [5, 5.41) is 0.793. The predicted octanol–water partition coefficient (Wildman–Crippen LogP) is 4.33. The molecule has 1 saturated heterocycles. The van der Waals surface area contributed by atoms with E-state index in [2.05, 4.69) is 9.97 Å². The molecule has 1 fully saturated rings. The van der Waals surface area contributed by atoms with Crippen LogP contribution in [0.4, 0.5) is 13.2 Å². The average molecular weight is 401 g/mol. The quantitative estimate of drug-likeness (QED) is 0.656. The van der Waals surface area contributed by atoms with Crippen LogP contribution in [0.3, 0.4) is 0 Å². The Kier molecular flexibility index (Phi) is 5.08. The van der Waals surface area contributed by atoms with Gasteiger partial charge in [-0.2, -0.15) is 13.2 Å². The fourth-order valence-corrected chi connectivity index (χ4v) is 3.44. The molecule has 2 aromatic heterocycles. The van der Waals surface area contributed by atoms with E-state index in [0.717, 1.165) is 17.5 Å². The first-order chi connectivity index (χ1) is 13.9. The number of halogens is 3. The van der Waals surface area contributed by atoms with E-state index >= 15 is 0 Å². The third kappa shape index (κ3) is 4.16. The number of alkyl halides is 3. The molecule has 4 rings (SSSR count). The molecular formula is C21H18F3N3O2. The summed E-state index contributed by atoms with van der Waals surface area (Å²) >= 11 is 0. The lowest BCUT2D eigenvalue weighted by molar-refractivity contribution is -0.137. The number of carbonyl (C=O) groups is 1. The molecule has 29 heavy (non-hydrogen) atoms. The van der Waals surface area contributed by atoms with Crippen LogP contribution in [0.2, 0.25) is 0 Å². The number of benzene rings is 1. The minimum atomic E-state index is -4.41. The zero-order valence-electron chi connectivity index (χ0n) is 15.4. The van der Waals surface area contributed by atoms with E-state index in [1.807, 2.05) is 6.07 Å². The molecule has 1 aliphatic heterocycles. The number of rotatable bonds is 3. The van der Waals surface area contributed by atoms with Gasteiger partial charge >= 0.3 is 6.18 Å². The van der Waals surface area contributed by atoms with Gasteiger partial charge in [0.2, 0.25) is 0 Å². The van der Waals surface area contributed by atoms with E-state index in [1.165, 1.54) is 18.3 Å². The van der Waals surface area contributed by atoms with Crippen LogP contribution in [0, 0.1) is 0 Å². The first kappa shape index (κ1) is 19.2. The number of likely N-dealkylation sites (tertiary alicyclic amines) is 1. The van der Waals surface area contributed by atoms with Gasteiger partial charge in [-0.3, -0.25) is 14.8 Å². The minimum Gasteiger partial charge on any atom is -0.490 e. The second kappa shape index (κ2) is 7.69. The molecule has 0 spiro atoms. The summed E-state index contributed by atoms with van der Waals surface area (Å²) in [5.74, 6) is 0.0337. The topological polar surface area (TPSA) is 55.3 Å². The number of nitrogens with zero attached hydrogens (tertiary/aromatic N) is 3. The molecule has 0 bridgehead atoms. The highest BCUT2D eigenvalue weighted by Gasteiger charge is 2.31. The second-order valence-electron chi connectivity index (χ2n) is 6.90. The highest BCUT2D eigenvalue weighted by atomic mass is 19.4. The van der Waals surface area contributed by atoms with E-state index in [1.54, 1.807) is 23.4 Å². The Morgan fingerprint density at radius 3 is 2.66 bits per heavy atom. The van der Waals surface area contributed by atoms with Gasteiger partial charge in [-0.25, -0.2) is 0 Å². The Morgan fingerprint density at radius 2 is 1.90 bits per heavy atom. The number of amides is 1. The van der Waals surface area contributed by atoms with Crippen molar-refractivity contribution >= 4 is 16.8 Å². The van der Waals surface area contributed by atoms with Crippen molar-refractivity contribution in [3.8, 4) is 5.75 Å². The number of hydrogen-bond acceptors (Lipinski definition) is 4. The molecule has 5 nitrogen and oxygen atoms in total. The molecule has 0 saturated carbocycles. The van der Waals surface area contributed by atoms with Gasteiger partial charge in [-0.1, -0.05) is 6.07 Å². The number of carbonyl (C=O) groups excluding carboxylic acids is 1. The SMILES string of the molecule is O=C(c1cncc2cccnc12)N1CCC(Oc2cccc(C(F)(F)F)c2)CC1. The van der Waals surface area contributed by atoms with Crippen LogP contribution < -0.4 is 4.74 Å². The van der Waals surface area contributed by atoms with Crippen LogP contribution in [-0.4, -0.2) is 40.0 Å². The number of fused-ring (bicyclic) bond motifs is 1. The van der Waals surface area contributed by atoms with Gasteiger partial charge < -0.3 is 9.64 Å². The van der Waals surface area contributed by atoms with Gasteiger partial charge in [0.15, 0.2) is 0 Å². The van der Waals surface area contributed by atoms with Crippen molar-refractivity contribution in [2.24, 2.45) is 0 Å². The van der Waals surface area contributed by atoms with E-state index in [0.29, 0.717) is 37.0 Å². The summed E-state index contributed by atoms with van der Waals surface area (Å²) in [6, 6.07) is 8.50. The summed E-state index contributed by atoms with van der Waals surface area (Å²) in [4.78, 5) is 23.0. The molecular weight excluding hydrogens is 383 g/mol. The van der Waals surface area contributed by atoms with Crippen LogP contribution in [0.25, 0.3) is 10.9 Å². The van der Waals surface area contributed by atoms with Gasteiger partial charge in [0.25, 0.3) is 5.91 Å². The molecule has 0 atom stereocenters. The molecule has 8 heteroatoms. The smallest absolute Gasteiger partial charge is 0.416 e. The fraction of sp³-hybridized carbons (Fsp3) is 0.286. The second-order valence-corrected chi connectivity index (χ2v) is 6.90. The van der Waals surface area contributed by atoms with Crippen molar-refractivity contribution in [1.82, 2.24) is 14.9 Å². The van der Waals surface area contributed by atoms with Gasteiger partial charge in [0.05, 0.1) is 16.6 Å². The third-order valence-corrected chi connectivity index (χ3v) is 4.94. The van der Waals surface area contributed by atoms with Crippen LogP contribution in [-0.2, 0) is 6.18 Å². The summed E-state index contributed by atoms with van der Waals surface area (Å²) < 4.78 is 44.3. The molecule has 1 aromatic carbocycles. The summed E-state index contributed by atoms with van der Waals surface area (Å²) in [7, 11) is 0. The van der Waals surface area contributed by atoms with Gasteiger partial charge in [0, 0.05) is 49.9 Å². The number of hydrogen-bond donors (Lipinski definition) is 0. The maximum absolute atomic E-state index is 12.9. The van der Waals surface area contributed by atoms with Crippen LogP contribution in [0.1, 0.15) is 28.8 Å². The maximum atomic E-state index is 12.9. The van der Waals surface area contributed by atoms with Gasteiger partial charge in [0.1, 0.15) is 11.9 Å². The zero-order valence-corrected chi connectivity index (χ0v) is 15.4. The Labute approximate surface area is 165 Å². The van der Waals surface area contributed by atoms with Crippen molar-refractivity contribution < 1.29 is 22.7 Å². The van der Waals surface area contributed by atoms with E-state index in [4.69, 9.17) is 4.74 Å². The molecule has 3 heterocycles. The number of aromatic nitrogens is 2. The Morgan fingerprint density at radius 1 is 1.10 bits per heavy atom. The molecule has 3 aromatic rings. The zero-order chi connectivity index (χ0) is 20.4. The van der Waals surface area contributed by atoms with Crippen molar-refractivity contribution in [3.05, 3.63) is 66.1 Å². The number of pyridine rings is 2. The number of ether oxygens (including phenoxy) is 1. The number of piperidine rings is 1. The molecule has 0 radical (unpaired) electrons. The van der Waals surface area contributed by atoms with Crippen molar-refractivity contribution in [3.63, 3.8) is 0 Å². The third-order valence-electron chi connectivity index (χ3n) is 4.94. The molecule has 150 valence electrons. The van der Waals surface area contributed by atoms with Gasteiger partial charge in [-0.05, 0) is 30.3 Å². The van der Waals surface area contributed by atoms with Crippen LogP contribution in [0.15, 0.2) is 55.0 Å². The lowest BCUT2D eigenvalue weighted by atomic mass is 10.1. The van der Waals surface area contributed by atoms with Crippen molar-refractivity contribution in [1.29, 1.82) is 0 Å². The van der Waals surface area contributed by atoms with E-state index in [9.17, 15) is 18.0 Å². The Hall–Kier alpha value is -3.16. The largest absolute Gasteiger partial charge is 0.490 e. The normalized spacial score (nSPS) is 15.5. The van der Waals surface area contributed by atoms with Crippen molar-refractivity contribution in [2.75, 3.05) is 13.1 Å². The van der Waals surface area contributed by atoms with Crippen LogP contribution >= 0.6 is 0 Å². The van der Waals surface area contributed by atoms with E-state index < -0.39 is 11.7 Å². The Balaban J connectivity index is 1.41. The molecule has 1 amide bonds. The highest BCUT2D eigenvalue weighted by molar-refractivity contribution is 6.04. The molecule has 1 aliphatic rings. The standard InChI is InChI=1S/C21H18F3N3O2/c22-21(23,24)15-4-1-5-17(11-15)29-16-6-9-27(10-7-16)20(28)18-13-25-12-14-3-2-8-26-19(14)18/h1-5,8,11-13,16H,6-7,9-10H2. The highest BCUT2D eigenvalue weighted by Crippen LogP contribution is 2.32. The molecule has 0 unspecified atom stereocenters. The lowest BCUT2D eigenvalue weighted by Gasteiger charge is -2.32. The fourth-order valence-electron chi connectivity index (χ4n) is 3.44. The minimum absolute atomic E-state index is 0.153. The monoisotopic (exact) mass is 401 g/mol.